The number of ether oxygens (including phenoxy) is 4. The van der Waals surface area contributed by atoms with Gasteiger partial charge in [-0.25, -0.2) is 0 Å². The molecule has 14 heteroatoms. The minimum atomic E-state index is -0.305. The van der Waals surface area contributed by atoms with Crippen molar-refractivity contribution in [1.29, 1.82) is 0 Å². The van der Waals surface area contributed by atoms with Gasteiger partial charge in [-0.15, -0.1) is 0 Å². The lowest BCUT2D eigenvalue weighted by atomic mass is 10.1. The maximum Gasteiger partial charge on any atom is 0.239 e. The van der Waals surface area contributed by atoms with Gasteiger partial charge in [-0.2, -0.15) is 9.97 Å². The van der Waals surface area contributed by atoms with Crippen molar-refractivity contribution in [1.82, 2.24) is 19.8 Å². The number of amides is 2. The Hall–Kier alpha value is -3.72. The van der Waals surface area contributed by atoms with Gasteiger partial charge in [0.2, 0.25) is 23.6 Å². The van der Waals surface area contributed by atoms with E-state index in [1.807, 2.05) is 26.0 Å². The first-order valence-corrected chi connectivity index (χ1v) is 16.5. The largest absolute Gasteiger partial charge is 0.476 e. The number of carbonyl (C=O) groups is 2. The number of anilines is 4. The van der Waals surface area contributed by atoms with Crippen molar-refractivity contribution in [3.8, 4) is 11.8 Å². The Kier molecular flexibility index (Phi) is 10.7. The van der Waals surface area contributed by atoms with Crippen molar-refractivity contribution >= 4 is 34.8 Å². The molecule has 4 aliphatic heterocycles. The van der Waals surface area contributed by atoms with Gasteiger partial charge >= 0.3 is 0 Å². The zero-order valence-corrected chi connectivity index (χ0v) is 26.9. The first-order chi connectivity index (χ1) is 22.5. The molecule has 2 aromatic heterocycles. The van der Waals surface area contributed by atoms with E-state index in [9.17, 15) is 9.59 Å². The molecule has 4 aliphatic rings. The maximum atomic E-state index is 12.8. The number of pyridine rings is 2. The van der Waals surface area contributed by atoms with E-state index in [4.69, 9.17) is 18.9 Å². The van der Waals surface area contributed by atoms with Crippen LogP contribution in [0.5, 0.6) is 11.8 Å². The number of nitrogens with one attached hydrogen (secondary N) is 2. The standard InChI is InChI=1S/C32H46N8O6/c1-3-45-31-25(39-15-11-37(12-16-39)23-19-43-20-23)5-7-27(35-31)33-29(41)9-10-30(42)34-28-8-6-26(32(36-28)46-4-2)40-17-13-38(14-18-40)24-21-44-22-24/h5-8,23-24H,3-4,9-22H2,1-2H3,(H,33,35,41)(H,34,36,42). The topological polar surface area (TPSA) is 134 Å². The van der Waals surface area contributed by atoms with E-state index >= 15 is 0 Å². The molecule has 2 aromatic rings. The molecule has 0 bridgehead atoms. The Labute approximate surface area is 270 Å². The van der Waals surface area contributed by atoms with E-state index in [1.165, 1.54) is 0 Å². The molecule has 6 heterocycles. The van der Waals surface area contributed by atoms with E-state index < -0.39 is 0 Å². The predicted molar refractivity (Wildman–Crippen MR) is 174 cm³/mol. The van der Waals surface area contributed by atoms with Crippen molar-refractivity contribution in [3.05, 3.63) is 24.3 Å². The molecule has 4 fully saturated rings. The van der Waals surface area contributed by atoms with Gasteiger partial charge in [0, 0.05) is 65.2 Å². The Morgan fingerprint density at radius 3 is 1.39 bits per heavy atom. The monoisotopic (exact) mass is 638 g/mol. The average Bonchev–Trinajstić information content (AvgIpc) is 3.00. The van der Waals surface area contributed by atoms with Crippen molar-refractivity contribution in [2.24, 2.45) is 0 Å². The minimum Gasteiger partial charge on any atom is -0.476 e. The third kappa shape index (κ3) is 7.80. The van der Waals surface area contributed by atoms with Gasteiger partial charge in [0.25, 0.3) is 0 Å². The van der Waals surface area contributed by atoms with Crippen molar-refractivity contribution in [2.75, 3.05) is 112 Å². The van der Waals surface area contributed by atoms with Gasteiger partial charge in [0.15, 0.2) is 0 Å². The summed E-state index contributed by atoms with van der Waals surface area (Å²) in [6.45, 7) is 15.3. The van der Waals surface area contributed by atoms with Crippen molar-refractivity contribution in [3.63, 3.8) is 0 Å². The van der Waals surface area contributed by atoms with Crippen LogP contribution >= 0.6 is 0 Å². The van der Waals surface area contributed by atoms with Crippen molar-refractivity contribution in [2.45, 2.75) is 38.8 Å². The van der Waals surface area contributed by atoms with Crippen LogP contribution in [0.2, 0.25) is 0 Å². The Morgan fingerprint density at radius 1 is 0.674 bits per heavy atom. The van der Waals surface area contributed by atoms with Gasteiger partial charge in [-0.1, -0.05) is 0 Å². The van der Waals surface area contributed by atoms with E-state index in [-0.39, 0.29) is 24.7 Å². The minimum absolute atomic E-state index is 0.00120. The third-order valence-electron chi connectivity index (χ3n) is 8.94. The molecule has 0 radical (unpaired) electrons. The van der Waals surface area contributed by atoms with Crippen LogP contribution in [0.1, 0.15) is 26.7 Å². The first-order valence-electron chi connectivity index (χ1n) is 16.5. The zero-order chi connectivity index (χ0) is 31.9. The van der Waals surface area contributed by atoms with Gasteiger partial charge < -0.3 is 39.4 Å². The lowest BCUT2D eigenvalue weighted by Gasteiger charge is -2.43. The fourth-order valence-corrected chi connectivity index (χ4v) is 6.13. The molecule has 250 valence electrons. The summed E-state index contributed by atoms with van der Waals surface area (Å²) >= 11 is 0. The molecule has 46 heavy (non-hydrogen) atoms. The van der Waals surface area contributed by atoms with Crippen molar-refractivity contribution < 1.29 is 28.5 Å². The molecule has 6 rings (SSSR count). The SMILES string of the molecule is CCOc1nc(NC(=O)CCC(=O)Nc2ccc(N3CCN(C4COC4)CC3)c(OCC)n2)ccc1N1CCN(C2COC2)CC1. The molecule has 0 atom stereocenters. The van der Waals surface area contributed by atoms with Gasteiger partial charge in [-0.05, 0) is 38.1 Å². The number of hydrogen-bond donors (Lipinski definition) is 2. The molecule has 0 unspecified atom stereocenters. The predicted octanol–water partition coefficient (Wildman–Crippen LogP) is 1.67. The summed E-state index contributed by atoms with van der Waals surface area (Å²) in [6.07, 6.45) is -0.00241. The molecule has 14 nitrogen and oxygen atoms in total. The van der Waals surface area contributed by atoms with Gasteiger partial charge in [-0.3, -0.25) is 19.4 Å². The second kappa shape index (κ2) is 15.2. The fraction of sp³-hybridized carbons (Fsp3) is 0.625. The summed E-state index contributed by atoms with van der Waals surface area (Å²) in [4.78, 5) is 44.2. The summed E-state index contributed by atoms with van der Waals surface area (Å²) in [5.74, 6) is 1.16. The number of nitrogens with zero attached hydrogens (tertiary/aromatic N) is 6. The highest BCUT2D eigenvalue weighted by Gasteiger charge is 2.31. The number of rotatable bonds is 13. The van der Waals surface area contributed by atoms with E-state index in [0.717, 1.165) is 90.2 Å². The summed E-state index contributed by atoms with van der Waals surface area (Å²) in [5.41, 5.74) is 1.83. The van der Waals surface area contributed by atoms with Crippen LogP contribution in [0.3, 0.4) is 0 Å². The Morgan fingerprint density at radius 2 is 1.07 bits per heavy atom. The average molecular weight is 639 g/mol. The molecular formula is C32H46N8O6. The summed E-state index contributed by atoms with van der Waals surface area (Å²) in [7, 11) is 0. The highest BCUT2D eigenvalue weighted by atomic mass is 16.5. The molecule has 2 amide bonds. The van der Waals surface area contributed by atoms with Crippen LogP contribution in [-0.4, -0.2) is 136 Å². The van der Waals surface area contributed by atoms with Crippen LogP contribution in [0, 0.1) is 0 Å². The highest BCUT2D eigenvalue weighted by Crippen LogP contribution is 2.31. The fourth-order valence-electron chi connectivity index (χ4n) is 6.13. The number of piperazine rings is 2. The highest BCUT2D eigenvalue weighted by molar-refractivity contribution is 5.96. The van der Waals surface area contributed by atoms with Gasteiger partial charge in [0.1, 0.15) is 23.0 Å². The molecule has 4 saturated heterocycles. The number of carbonyl (C=O) groups excluding carboxylic acids is 2. The number of hydrogen-bond acceptors (Lipinski definition) is 12. The third-order valence-corrected chi connectivity index (χ3v) is 8.94. The zero-order valence-electron chi connectivity index (χ0n) is 26.9. The van der Waals surface area contributed by atoms with Gasteiger partial charge in [0.05, 0.1) is 51.7 Å². The number of aromatic nitrogens is 2. The molecule has 2 N–H and O–H groups in total. The maximum absolute atomic E-state index is 12.8. The second-order valence-electron chi connectivity index (χ2n) is 11.9. The molecular weight excluding hydrogens is 592 g/mol. The van der Waals surface area contributed by atoms with E-state index in [0.29, 0.717) is 48.7 Å². The Bertz CT molecular complexity index is 1240. The first kappa shape index (κ1) is 32.2. The Balaban J connectivity index is 0.984. The van der Waals surface area contributed by atoms with Crippen LogP contribution in [-0.2, 0) is 19.1 Å². The van der Waals surface area contributed by atoms with E-state index in [1.54, 1.807) is 12.1 Å². The molecule has 0 aliphatic carbocycles. The summed E-state index contributed by atoms with van der Waals surface area (Å²) < 4.78 is 22.4. The normalized spacial score (nSPS) is 19.7. The molecule has 0 aromatic carbocycles. The second-order valence-corrected chi connectivity index (χ2v) is 11.9. The van der Waals surface area contributed by atoms with Crippen LogP contribution in [0.4, 0.5) is 23.0 Å². The van der Waals surface area contributed by atoms with Crippen LogP contribution < -0.4 is 29.9 Å². The quantitative estimate of drug-likeness (QED) is 0.331. The summed E-state index contributed by atoms with van der Waals surface area (Å²) in [6, 6.07) is 8.50. The van der Waals surface area contributed by atoms with Crippen LogP contribution in [0.25, 0.3) is 0 Å². The lowest BCUT2D eigenvalue weighted by molar-refractivity contribution is -0.121. The van der Waals surface area contributed by atoms with Crippen LogP contribution in [0.15, 0.2) is 24.3 Å². The molecule has 0 saturated carbocycles. The smallest absolute Gasteiger partial charge is 0.239 e. The van der Waals surface area contributed by atoms with E-state index in [2.05, 4.69) is 40.2 Å². The summed E-state index contributed by atoms with van der Waals surface area (Å²) in [5, 5.41) is 5.62. The lowest BCUT2D eigenvalue weighted by Crippen LogP contribution is -2.56. The molecule has 0 spiro atoms.